The predicted octanol–water partition coefficient (Wildman–Crippen LogP) is 4.97. The lowest BCUT2D eigenvalue weighted by Crippen LogP contribution is -2.36. The minimum absolute atomic E-state index is 0.200. The summed E-state index contributed by atoms with van der Waals surface area (Å²) < 4.78 is 0.498. The van der Waals surface area contributed by atoms with Crippen LogP contribution in [0.3, 0.4) is 0 Å². The summed E-state index contributed by atoms with van der Waals surface area (Å²) >= 11 is 7.05. The van der Waals surface area contributed by atoms with Gasteiger partial charge in [-0.2, -0.15) is 5.26 Å². The summed E-state index contributed by atoms with van der Waals surface area (Å²) in [5.74, 6) is -0.544. The van der Waals surface area contributed by atoms with Crippen LogP contribution in [0.1, 0.15) is 62.5 Å². The molecule has 2 atom stereocenters. The number of nitriles is 1. The summed E-state index contributed by atoms with van der Waals surface area (Å²) in [6, 6.07) is 10.4. The molecule has 1 saturated carbocycles. The number of hydrogen-bond acceptors (Lipinski definition) is 5. The molecule has 1 aliphatic heterocycles. The number of carbonyl (C=O) groups is 3. The van der Waals surface area contributed by atoms with Crippen LogP contribution in [0.2, 0.25) is 4.34 Å². The normalized spacial score (nSPS) is 20.7. The van der Waals surface area contributed by atoms with E-state index in [1.807, 2.05) is 0 Å². The summed E-state index contributed by atoms with van der Waals surface area (Å²) in [5.41, 5.74) is 0.878. The number of imide groups is 1. The largest absolute Gasteiger partial charge is 0.321 e. The summed E-state index contributed by atoms with van der Waals surface area (Å²) in [7, 11) is 0. The fourth-order valence-corrected chi connectivity index (χ4v) is 5.30. The van der Waals surface area contributed by atoms with Gasteiger partial charge in [0.15, 0.2) is 0 Å². The van der Waals surface area contributed by atoms with E-state index in [1.165, 1.54) is 4.90 Å². The third kappa shape index (κ3) is 3.98. The van der Waals surface area contributed by atoms with Crippen molar-refractivity contribution in [2.24, 2.45) is 11.8 Å². The summed E-state index contributed by atoms with van der Waals surface area (Å²) in [5, 5.41) is 11.7. The predicted molar refractivity (Wildman–Crippen MR) is 115 cm³/mol. The third-order valence-electron chi connectivity index (χ3n) is 5.76. The number of nitrogens with zero attached hydrogens (tertiary/aromatic N) is 2. The van der Waals surface area contributed by atoms with Crippen molar-refractivity contribution in [3.8, 4) is 6.07 Å². The van der Waals surface area contributed by atoms with Crippen molar-refractivity contribution in [3.63, 3.8) is 0 Å². The average Bonchev–Trinajstić information content (AvgIpc) is 3.27. The lowest BCUT2D eigenvalue weighted by molar-refractivity contribution is 0.0607. The molecule has 0 saturated heterocycles. The maximum absolute atomic E-state index is 13.1. The zero-order chi connectivity index (χ0) is 21.3. The van der Waals surface area contributed by atoms with Gasteiger partial charge in [0, 0.05) is 13.0 Å². The zero-order valence-corrected chi connectivity index (χ0v) is 17.8. The average molecular weight is 442 g/mol. The first kappa shape index (κ1) is 20.6. The molecular weight excluding hydrogens is 422 g/mol. The van der Waals surface area contributed by atoms with Crippen molar-refractivity contribution in [2.75, 3.05) is 11.9 Å². The van der Waals surface area contributed by atoms with Gasteiger partial charge in [0.1, 0.15) is 0 Å². The van der Waals surface area contributed by atoms with Crippen LogP contribution in [0.4, 0.5) is 5.69 Å². The Morgan fingerprint density at radius 1 is 1.20 bits per heavy atom. The van der Waals surface area contributed by atoms with Crippen molar-refractivity contribution < 1.29 is 14.4 Å². The zero-order valence-electron chi connectivity index (χ0n) is 16.2. The van der Waals surface area contributed by atoms with Crippen molar-refractivity contribution in [2.45, 2.75) is 32.1 Å². The maximum Gasteiger partial charge on any atom is 0.265 e. The highest BCUT2D eigenvalue weighted by Gasteiger charge is 2.39. The van der Waals surface area contributed by atoms with E-state index < -0.39 is 0 Å². The lowest BCUT2D eigenvalue weighted by atomic mass is 9.80. The summed E-state index contributed by atoms with van der Waals surface area (Å²) in [6.45, 7) is 0.349. The van der Waals surface area contributed by atoms with Crippen LogP contribution in [0.15, 0.2) is 30.3 Å². The highest BCUT2D eigenvalue weighted by molar-refractivity contribution is 7.18. The minimum Gasteiger partial charge on any atom is -0.321 e. The van der Waals surface area contributed by atoms with Crippen LogP contribution in [-0.2, 0) is 0 Å². The van der Waals surface area contributed by atoms with Crippen LogP contribution >= 0.6 is 22.9 Å². The Kier molecular flexibility index (Phi) is 5.89. The quantitative estimate of drug-likeness (QED) is 0.663. The molecule has 1 N–H and O–H groups in total. The van der Waals surface area contributed by atoms with Crippen LogP contribution in [-0.4, -0.2) is 29.2 Å². The second-order valence-electron chi connectivity index (χ2n) is 7.77. The summed E-state index contributed by atoms with van der Waals surface area (Å²) in [4.78, 5) is 40.3. The molecule has 3 amide bonds. The first-order valence-electron chi connectivity index (χ1n) is 9.90. The molecule has 0 radical (unpaired) electrons. The monoisotopic (exact) mass is 441 g/mol. The molecule has 2 heterocycles. The van der Waals surface area contributed by atoms with Gasteiger partial charge < -0.3 is 5.32 Å². The van der Waals surface area contributed by atoms with Gasteiger partial charge in [-0.15, -0.1) is 11.3 Å². The lowest BCUT2D eigenvalue weighted by Gasteiger charge is -2.30. The number of anilines is 1. The van der Waals surface area contributed by atoms with Crippen molar-refractivity contribution in [3.05, 3.63) is 50.7 Å². The van der Waals surface area contributed by atoms with Gasteiger partial charge in [-0.25, -0.2) is 0 Å². The highest BCUT2D eigenvalue weighted by atomic mass is 35.5. The Bertz CT molecular complexity index is 1060. The number of fused-ring (bicyclic) bond motifs is 1. The molecule has 4 rings (SSSR count). The molecule has 0 spiro atoms. The fourth-order valence-electron chi connectivity index (χ4n) is 4.36. The first-order valence-corrected chi connectivity index (χ1v) is 11.1. The van der Waals surface area contributed by atoms with E-state index in [-0.39, 0.29) is 29.2 Å². The molecule has 154 valence electrons. The van der Waals surface area contributed by atoms with E-state index in [9.17, 15) is 14.4 Å². The van der Waals surface area contributed by atoms with E-state index in [2.05, 4.69) is 11.4 Å². The molecule has 1 aromatic carbocycles. The van der Waals surface area contributed by atoms with Gasteiger partial charge in [0.2, 0.25) is 0 Å². The number of carbonyl (C=O) groups excluding carboxylic acids is 3. The topological polar surface area (TPSA) is 90.3 Å². The molecule has 1 aliphatic carbocycles. The maximum atomic E-state index is 13.1. The number of thiophene rings is 1. The SMILES string of the molecule is N#CCC1CCCC(CN2C(=O)c3cccc(NC(=O)c4ccc(Cl)s4)c3C2=O)C1. The highest BCUT2D eigenvalue weighted by Crippen LogP contribution is 2.35. The van der Waals surface area contributed by atoms with Crippen LogP contribution in [0, 0.1) is 23.2 Å². The van der Waals surface area contributed by atoms with Gasteiger partial charge in [-0.1, -0.05) is 24.1 Å². The van der Waals surface area contributed by atoms with Crippen LogP contribution in [0.25, 0.3) is 0 Å². The van der Waals surface area contributed by atoms with E-state index in [1.54, 1.807) is 30.3 Å². The Morgan fingerprint density at radius 2 is 2.00 bits per heavy atom. The molecule has 1 fully saturated rings. The van der Waals surface area contributed by atoms with Gasteiger partial charge in [-0.05, 0) is 55.4 Å². The molecule has 2 aromatic rings. The van der Waals surface area contributed by atoms with Crippen molar-refractivity contribution in [1.82, 2.24) is 4.90 Å². The number of benzene rings is 1. The van der Waals surface area contributed by atoms with Gasteiger partial charge in [-0.3, -0.25) is 19.3 Å². The van der Waals surface area contributed by atoms with Crippen LogP contribution < -0.4 is 5.32 Å². The Morgan fingerprint density at radius 3 is 2.73 bits per heavy atom. The number of hydrogen-bond donors (Lipinski definition) is 1. The number of rotatable bonds is 5. The molecule has 6 nitrogen and oxygen atoms in total. The second kappa shape index (κ2) is 8.58. The molecule has 1 aromatic heterocycles. The van der Waals surface area contributed by atoms with Crippen molar-refractivity contribution >= 4 is 46.3 Å². The molecule has 30 heavy (non-hydrogen) atoms. The Hall–Kier alpha value is -2.69. The van der Waals surface area contributed by atoms with Gasteiger partial charge >= 0.3 is 0 Å². The molecule has 8 heteroatoms. The molecule has 2 unspecified atom stereocenters. The molecule has 2 aliphatic rings. The van der Waals surface area contributed by atoms with E-state index in [0.717, 1.165) is 37.0 Å². The standard InChI is InChI=1S/C22H20ClN3O3S/c23-18-8-7-17(30-18)20(27)25-16-6-2-5-15-19(16)22(29)26(21(15)28)12-14-4-1-3-13(11-14)9-10-24/h2,5-8,13-14H,1,3-4,9,11-12H2,(H,25,27). The Balaban J connectivity index is 1.52. The van der Waals surface area contributed by atoms with Crippen molar-refractivity contribution in [1.29, 1.82) is 5.26 Å². The number of amides is 3. The fraction of sp³-hybridized carbons (Fsp3) is 0.364. The first-order chi connectivity index (χ1) is 14.5. The minimum atomic E-state index is -0.377. The smallest absolute Gasteiger partial charge is 0.265 e. The van der Waals surface area contributed by atoms with E-state index in [0.29, 0.717) is 39.3 Å². The van der Waals surface area contributed by atoms with Gasteiger partial charge in [0.25, 0.3) is 17.7 Å². The van der Waals surface area contributed by atoms with Gasteiger partial charge in [0.05, 0.1) is 32.1 Å². The third-order valence-corrected chi connectivity index (χ3v) is 6.99. The second-order valence-corrected chi connectivity index (χ2v) is 9.48. The van der Waals surface area contributed by atoms with E-state index in [4.69, 9.17) is 16.9 Å². The number of halogens is 1. The van der Waals surface area contributed by atoms with Crippen LogP contribution in [0.5, 0.6) is 0 Å². The Labute approximate surface area is 183 Å². The number of nitrogens with one attached hydrogen (secondary N) is 1. The van der Waals surface area contributed by atoms with E-state index >= 15 is 0 Å². The molecule has 0 bridgehead atoms. The summed E-state index contributed by atoms with van der Waals surface area (Å²) in [6.07, 6.45) is 4.34. The molecular formula is C22H20ClN3O3S.